The van der Waals surface area contributed by atoms with Gasteiger partial charge in [-0.05, 0) is 131 Å². The Morgan fingerprint density at radius 2 is 1.04 bits per heavy atom. The first-order valence-electron chi connectivity index (χ1n) is 16.3. The average molecular weight is 663 g/mol. The zero-order chi connectivity index (χ0) is 34.1. The number of rotatable bonds is 25. The van der Waals surface area contributed by atoms with E-state index in [9.17, 15) is 9.59 Å². The fraction of sp³-hybridized carbons (Fsp3) is 0.368. The van der Waals surface area contributed by atoms with Crippen molar-refractivity contribution in [3.63, 3.8) is 0 Å². The monoisotopic (exact) mass is 662 g/mol. The molecule has 3 aromatic rings. The molecule has 0 atom stereocenters. The van der Waals surface area contributed by atoms with Crippen LogP contribution in [0.1, 0.15) is 68.6 Å². The van der Waals surface area contributed by atoms with Crippen molar-refractivity contribution in [2.45, 2.75) is 58.3 Å². The van der Waals surface area contributed by atoms with Crippen molar-refractivity contribution in [1.82, 2.24) is 0 Å². The summed E-state index contributed by atoms with van der Waals surface area (Å²) < 4.78 is 33.3. The van der Waals surface area contributed by atoms with Gasteiger partial charge >= 0.3 is 11.9 Å². The number of carbonyl (C=O) groups is 2. The SMILES string of the molecule is C=CC(=O)OCCCCCCOc1ccc(C(=O)Oc2ccc(OCOc3ccc(OCCCCCCOOC=CC)cc3)cc2)cc1. The quantitative estimate of drug-likeness (QED) is 0.0128. The maximum atomic E-state index is 12.6. The number of ether oxygens (including phenoxy) is 6. The Balaban J connectivity index is 1.25. The molecule has 0 fully saturated rings. The highest BCUT2D eigenvalue weighted by atomic mass is 17.2. The smallest absolute Gasteiger partial charge is 0.343 e. The minimum atomic E-state index is -0.472. The molecule has 0 saturated carbocycles. The van der Waals surface area contributed by atoms with Crippen molar-refractivity contribution in [3.05, 3.63) is 103 Å². The fourth-order valence-electron chi connectivity index (χ4n) is 4.18. The molecule has 0 aliphatic rings. The van der Waals surface area contributed by atoms with Gasteiger partial charge in [-0.3, -0.25) is 0 Å². The Morgan fingerprint density at radius 3 is 1.56 bits per heavy atom. The maximum absolute atomic E-state index is 12.6. The van der Waals surface area contributed by atoms with Crippen molar-refractivity contribution in [3.8, 4) is 28.7 Å². The lowest BCUT2D eigenvalue weighted by molar-refractivity contribution is -0.249. The summed E-state index contributed by atoms with van der Waals surface area (Å²) in [5, 5.41) is 0. The van der Waals surface area contributed by atoms with Gasteiger partial charge in [-0.1, -0.05) is 13.0 Å². The van der Waals surface area contributed by atoms with Crippen LogP contribution in [-0.4, -0.2) is 45.2 Å². The van der Waals surface area contributed by atoms with Gasteiger partial charge in [0.05, 0.1) is 32.0 Å². The predicted molar refractivity (Wildman–Crippen MR) is 181 cm³/mol. The van der Waals surface area contributed by atoms with Crippen LogP contribution in [0, 0.1) is 0 Å². The van der Waals surface area contributed by atoms with Crippen LogP contribution in [0.2, 0.25) is 0 Å². The molecule has 48 heavy (non-hydrogen) atoms. The van der Waals surface area contributed by atoms with Crippen LogP contribution in [0.3, 0.4) is 0 Å². The van der Waals surface area contributed by atoms with Crippen molar-refractivity contribution >= 4 is 11.9 Å². The molecular formula is C38H46O10. The van der Waals surface area contributed by atoms with Crippen LogP contribution in [0.15, 0.2) is 97.8 Å². The topological polar surface area (TPSA) is 108 Å². The number of allylic oxidation sites excluding steroid dienone is 1. The summed E-state index contributed by atoms with van der Waals surface area (Å²) >= 11 is 0. The molecule has 0 heterocycles. The highest BCUT2D eigenvalue weighted by Gasteiger charge is 2.09. The van der Waals surface area contributed by atoms with Crippen LogP contribution >= 0.6 is 0 Å². The third-order valence-electron chi connectivity index (χ3n) is 6.77. The molecule has 0 radical (unpaired) electrons. The second kappa shape index (κ2) is 23.4. The number of unbranched alkanes of at least 4 members (excludes halogenated alkanes) is 6. The molecule has 0 aliphatic heterocycles. The van der Waals surface area contributed by atoms with Gasteiger partial charge in [0.2, 0.25) is 6.79 Å². The Morgan fingerprint density at radius 1 is 0.583 bits per heavy atom. The van der Waals surface area contributed by atoms with Crippen LogP contribution in [0.5, 0.6) is 28.7 Å². The Kier molecular flexibility index (Phi) is 18.3. The van der Waals surface area contributed by atoms with Crippen LogP contribution in [0.4, 0.5) is 0 Å². The van der Waals surface area contributed by atoms with E-state index in [1.165, 1.54) is 6.26 Å². The van der Waals surface area contributed by atoms with Gasteiger partial charge in [-0.25, -0.2) is 9.59 Å². The molecule has 10 heteroatoms. The van der Waals surface area contributed by atoms with Gasteiger partial charge in [-0.15, -0.1) is 0 Å². The van der Waals surface area contributed by atoms with Gasteiger partial charge in [0, 0.05) is 6.08 Å². The van der Waals surface area contributed by atoms with Gasteiger partial charge in [0.25, 0.3) is 0 Å². The summed E-state index contributed by atoms with van der Waals surface area (Å²) in [7, 11) is 0. The summed E-state index contributed by atoms with van der Waals surface area (Å²) in [6.45, 7) is 7.44. The summed E-state index contributed by atoms with van der Waals surface area (Å²) in [5.41, 5.74) is 0.412. The van der Waals surface area contributed by atoms with Gasteiger partial charge in [0.1, 0.15) is 35.0 Å². The van der Waals surface area contributed by atoms with Crippen LogP contribution in [0.25, 0.3) is 0 Å². The Hall–Kier alpha value is -4.96. The number of carbonyl (C=O) groups excluding carboxylic acids is 2. The summed E-state index contributed by atoms with van der Waals surface area (Å²) in [6.07, 6.45) is 12.1. The minimum Gasteiger partial charge on any atom is -0.494 e. The third-order valence-corrected chi connectivity index (χ3v) is 6.77. The molecule has 0 bridgehead atoms. The maximum Gasteiger partial charge on any atom is 0.343 e. The molecule has 3 rings (SSSR count). The number of benzene rings is 3. The third kappa shape index (κ3) is 16.0. The van der Waals surface area contributed by atoms with E-state index >= 15 is 0 Å². The van der Waals surface area contributed by atoms with E-state index in [1.54, 1.807) is 54.6 Å². The number of hydrogen-bond donors (Lipinski definition) is 0. The molecule has 0 saturated heterocycles. The number of esters is 2. The molecular weight excluding hydrogens is 616 g/mol. The van der Waals surface area contributed by atoms with E-state index < -0.39 is 11.9 Å². The summed E-state index contributed by atoms with van der Waals surface area (Å²) in [4.78, 5) is 33.4. The lowest BCUT2D eigenvalue weighted by atomic mass is 10.2. The van der Waals surface area contributed by atoms with Gasteiger partial charge in [0.15, 0.2) is 0 Å². The van der Waals surface area contributed by atoms with Gasteiger partial charge < -0.3 is 33.3 Å². The highest BCUT2D eigenvalue weighted by molar-refractivity contribution is 5.91. The molecule has 258 valence electrons. The second-order valence-corrected chi connectivity index (χ2v) is 10.5. The molecule has 0 N–H and O–H groups in total. The summed E-state index contributed by atoms with van der Waals surface area (Å²) in [6, 6.07) is 21.0. The van der Waals surface area contributed by atoms with E-state index in [1.807, 2.05) is 31.2 Å². The molecule has 0 aliphatic carbocycles. The van der Waals surface area contributed by atoms with E-state index in [0.29, 0.717) is 55.0 Å². The average Bonchev–Trinajstić information content (AvgIpc) is 3.11. The summed E-state index contributed by atoms with van der Waals surface area (Å²) in [5.74, 6) is 2.22. The Bertz CT molecular complexity index is 1350. The number of hydrogen-bond acceptors (Lipinski definition) is 10. The largest absolute Gasteiger partial charge is 0.494 e. The zero-order valence-electron chi connectivity index (χ0n) is 27.6. The first-order valence-corrected chi connectivity index (χ1v) is 16.3. The molecule has 0 amide bonds. The molecule has 3 aromatic carbocycles. The van der Waals surface area contributed by atoms with Crippen molar-refractivity contribution in [1.29, 1.82) is 0 Å². The van der Waals surface area contributed by atoms with E-state index in [0.717, 1.165) is 63.2 Å². The van der Waals surface area contributed by atoms with E-state index in [4.69, 9.17) is 38.2 Å². The molecule has 10 nitrogen and oxygen atoms in total. The van der Waals surface area contributed by atoms with Crippen molar-refractivity contribution in [2.24, 2.45) is 0 Å². The molecule has 0 spiro atoms. The fourth-order valence-corrected chi connectivity index (χ4v) is 4.18. The zero-order valence-corrected chi connectivity index (χ0v) is 27.6. The van der Waals surface area contributed by atoms with E-state index in [-0.39, 0.29) is 6.79 Å². The standard InChI is InChI=1S/C38H46O10/c1-3-25-46-47-29-12-8-7-10-27-42-33-17-19-34(20-18-33)44-30-45-35-21-23-36(24-22-35)48-38(40)31-13-15-32(16-14-31)41-26-9-5-6-11-28-43-37(39)4-2/h3-4,13-25H,2,5-12,26-30H2,1H3. The second-order valence-electron chi connectivity index (χ2n) is 10.5. The first kappa shape index (κ1) is 37.5. The highest BCUT2D eigenvalue weighted by Crippen LogP contribution is 2.22. The first-order chi connectivity index (χ1) is 23.6. The lowest BCUT2D eigenvalue weighted by Crippen LogP contribution is -2.09. The van der Waals surface area contributed by atoms with E-state index in [2.05, 4.69) is 6.58 Å². The lowest BCUT2D eigenvalue weighted by Gasteiger charge is -2.11. The van der Waals surface area contributed by atoms with Crippen LogP contribution < -0.4 is 23.7 Å². The van der Waals surface area contributed by atoms with Crippen molar-refractivity contribution < 1.29 is 47.8 Å². The van der Waals surface area contributed by atoms with Gasteiger partial charge in [-0.2, -0.15) is 4.89 Å². The van der Waals surface area contributed by atoms with Crippen LogP contribution in [-0.2, 0) is 19.3 Å². The molecule has 0 unspecified atom stereocenters. The normalized spacial score (nSPS) is 10.7. The molecule has 0 aromatic heterocycles. The van der Waals surface area contributed by atoms with Crippen molar-refractivity contribution in [2.75, 3.05) is 33.2 Å². The predicted octanol–water partition coefficient (Wildman–Crippen LogP) is 8.41. The Labute approximate surface area is 283 Å². The minimum absolute atomic E-state index is 0.0183.